The number of aromatic nitrogens is 2. The Morgan fingerprint density at radius 2 is 1.68 bits per heavy atom. The van der Waals surface area contributed by atoms with Crippen LogP contribution in [0.15, 0.2) is 53.9 Å². The van der Waals surface area contributed by atoms with Crippen LogP contribution in [-0.2, 0) is 4.79 Å². The fourth-order valence-electron chi connectivity index (χ4n) is 2.08. The maximum Gasteiger partial charge on any atom is 0.266 e. The number of anilines is 4. The summed E-state index contributed by atoms with van der Waals surface area (Å²) in [7, 11) is 0. The first-order valence-electron chi connectivity index (χ1n) is 7.43. The summed E-state index contributed by atoms with van der Waals surface area (Å²) in [6, 6.07) is 14.2. The molecule has 0 saturated heterocycles. The topological polar surface area (TPSA) is 96.0 Å². The minimum absolute atomic E-state index is 0.136. The average molecular weight is 353 g/mol. The van der Waals surface area contributed by atoms with E-state index in [4.69, 9.17) is 0 Å². The number of carbonyl (C=O) groups excluding carboxylic acids is 2. The number of nitrogens with zero attached hydrogens (tertiary/aromatic N) is 2. The fraction of sp³-hybridized carbons (Fsp3) is 0.0588. The van der Waals surface area contributed by atoms with Crippen LogP contribution in [0, 0.1) is 0 Å². The summed E-state index contributed by atoms with van der Waals surface area (Å²) in [5.74, 6) is 0.542. The number of hydrogen-bond donors (Lipinski definition) is 3. The van der Waals surface area contributed by atoms with E-state index in [1.165, 1.54) is 18.3 Å². The van der Waals surface area contributed by atoms with E-state index in [2.05, 4.69) is 26.1 Å². The van der Waals surface area contributed by atoms with Crippen LogP contribution in [-0.4, -0.2) is 22.0 Å². The van der Waals surface area contributed by atoms with Crippen LogP contribution in [0.1, 0.15) is 16.6 Å². The Bertz CT molecular complexity index is 878. The van der Waals surface area contributed by atoms with Crippen LogP contribution in [0.25, 0.3) is 0 Å². The summed E-state index contributed by atoms with van der Waals surface area (Å²) in [5, 5.41) is 18.4. The molecule has 0 aliphatic carbocycles. The van der Waals surface area contributed by atoms with Crippen LogP contribution in [0.3, 0.4) is 0 Å². The van der Waals surface area contributed by atoms with Gasteiger partial charge in [0.15, 0.2) is 11.6 Å². The molecule has 3 rings (SSSR count). The monoisotopic (exact) mass is 353 g/mol. The van der Waals surface area contributed by atoms with Gasteiger partial charge in [-0.05, 0) is 41.8 Å². The first-order valence-corrected chi connectivity index (χ1v) is 8.31. The first-order chi connectivity index (χ1) is 12.1. The third kappa shape index (κ3) is 4.61. The average Bonchev–Trinajstić information content (AvgIpc) is 3.11. The van der Waals surface area contributed by atoms with Gasteiger partial charge in [0.05, 0.1) is 4.88 Å². The highest BCUT2D eigenvalue weighted by molar-refractivity contribution is 7.12. The van der Waals surface area contributed by atoms with Gasteiger partial charge in [-0.3, -0.25) is 9.59 Å². The Labute approximate surface area is 148 Å². The lowest BCUT2D eigenvalue weighted by Crippen LogP contribution is -2.12. The van der Waals surface area contributed by atoms with Crippen molar-refractivity contribution in [2.45, 2.75) is 6.92 Å². The summed E-state index contributed by atoms with van der Waals surface area (Å²) in [6.45, 7) is 1.45. The van der Waals surface area contributed by atoms with E-state index in [0.29, 0.717) is 22.2 Å². The third-order valence-electron chi connectivity index (χ3n) is 3.11. The van der Waals surface area contributed by atoms with Gasteiger partial charge in [-0.25, -0.2) is 0 Å². The van der Waals surface area contributed by atoms with Crippen LogP contribution >= 0.6 is 11.3 Å². The molecule has 0 spiro atoms. The van der Waals surface area contributed by atoms with Gasteiger partial charge in [0.1, 0.15) is 0 Å². The molecule has 2 heterocycles. The highest BCUT2D eigenvalue weighted by Crippen LogP contribution is 2.19. The van der Waals surface area contributed by atoms with Gasteiger partial charge in [-0.2, -0.15) is 0 Å². The van der Waals surface area contributed by atoms with Crippen LogP contribution in [0.4, 0.5) is 23.0 Å². The number of thiophene rings is 1. The maximum absolute atomic E-state index is 12.0. The lowest BCUT2D eigenvalue weighted by atomic mass is 10.2. The van der Waals surface area contributed by atoms with Crippen molar-refractivity contribution < 1.29 is 9.59 Å². The van der Waals surface area contributed by atoms with Gasteiger partial charge in [0.25, 0.3) is 5.91 Å². The summed E-state index contributed by atoms with van der Waals surface area (Å²) < 4.78 is 0. The first kappa shape index (κ1) is 16.6. The lowest BCUT2D eigenvalue weighted by Gasteiger charge is -2.08. The molecule has 0 atom stereocenters. The molecular formula is C17H15N5O2S. The normalized spacial score (nSPS) is 10.1. The van der Waals surface area contributed by atoms with E-state index in [0.717, 1.165) is 5.69 Å². The van der Waals surface area contributed by atoms with Crippen molar-refractivity contribution >= 4 is 46.2 Å². The molecule has 0 unspecified atom stereocenters. The number of hydrogen-bond acceptors (Lipinski definition) is 6. The van der Waals surface area contributed by atoms with E-state index in [1.807, 2.05) is 23.6 Å². The molecule has 8 heteroatoms. The second-order valence-electron chi connectivity index (χ2n) is 5.12. The Morgan fingerprint density at radius 1 is 0.920 bits per heavy atom. The van der Waals surface area contributed by atoms with Gasteiger partial charge in [0, 0.05) is 18.3 Å². The number of carbonyl (C=O) groups is 2. The Kier molecular flexibility index (Phi) is 5.00. The molecule has 0 aliphatic heterocycles. The smallest absolute Gasteiger partial charge is 0.266 e. The van der Waals surface area contributed by atoms with Crippen molar-refractivity contribution in [2.75, 3.05) is 16.0 Å². The molecule has 0 bridgehead atoms. The zero-order chi connectivity index (χ0) is 17.6. The molecule has 0 aliphatic rings. The summed E-state index contributed by atoms with van der Waals surface area (Å²) in [6.07, 6.45) is 0. The van der Waals surface area contributed by atoms with E-state index in [-0.39, 0.29) is 11.8 Å². The van der Waals surface area contributed by atoms with Crippen LogP contribution in [0.2, 0.25) is 0 Å². The predicted molar refractivity (Wildman–Crippen MR) is 98.3 cm³/mol. The van der Waals surface area contributed by atoms with Gasteiger partial charge in [0.2, 0.25) is 5.91 Å². The van der Waals surface area contributed by atoms with E-state index >= 15 is 0 Å². The van der Waals surface area contributed by atoms with E-state index < -0.39 is 0 Å². The van der Waals surface area contributed by atoms with Crippen molar-refractivity contribution in [3.8, 4) is 0 Å². The second-order valence-corrected chi connectivity index (χ2v) is 6.07. The molecule has 0 fully saturated rings. The summed E-state index contributed by atoms with van der Waals surface area (Å²) >= 11 is 1.36. The Balaban J connectivity index is 1.64. The molecule has 3 aromatic rings. The highest BCUT2D eigenvalue weighted by Gasteiger charge is 2.08. The van der Waals surface area contributed by atoms with Crippen molar-refractivity contribution in [3.05, 3.63) is 58.8 Å². The van der Waals surface area contributed by atoms with Gasteiger partial charge >= 0.3 is 0 Å². The molecule has 1 aromatic carbocycles. The second kappa shape index (κ2) is 7.54. The summed E-state index contributed by atoms with van der Waals surface area (Å²) in [4.78, 5) is 23.7. The number of rotatable bonds is 5. The quantitative estimate of drug-likeness (QED) is 0.652. The Morgan fingerprint density at radius 3 is 2.36 bits per heavy atom. The lowest BCUT2D eigenvalue weighted by molar-refractivity contribution is -0.114. The zero-order valence-electron chi connectivity index (χ0n) is 13.3. The Hall–Kier alpha value is -3.26. The molecule has 7 nitrogen and oxygen atoms in total. The van der Waals surface area contributed by atoms with E-state index in [9.17, 15) is 9.59 Å². The minimum atomic E-state index is -0.215. The SMILES string of the molecule is CC(=O)Nc1cccc(Nc2ccc(NC(=O)c3cccs3)nn2)c1. The van der Waals surface area contributed by atoms with Gasteiger partial charge in [-0.15, -0.1) is 21.5 Å². The van der Waals surface area contributed by atoms with Crippen molar-refractivity contribution in [2.24, 2.45) is 0 Å². The number of nitrogens with one attached hydrogen (secondary N) is 3. The van der Waals surface area contributed by atoms with Gasteiger partial charge < -0.3 is 16.0 Å². The molecular weight excluding hydrogens is 338 g/mol. The molecule has 3 N–H and O–H groups in total. The van der Waals surface area contributed by atoms with Crippen LogP contribution < -0.4 is 16.0 Å². The molecule has 2 aromatic heterocycles. The molecule has 0 saturated carbocycles. The van der Waals surface area contributed by atoms with Gasteiger partial charge in [-0.1, -0.05) is 12.1 Å². The van der Waals surface area contributed by atoms with Crippen molar-refractivity contribution in [1.29, 1.82) is 0 Å². The number of amides is 2. The maximum atomic E-state index is 12.0. The standard InChI is InChI=1S/C17H15N5O2S/c1-11(23)18-12-4-2-5-13(10-12)19-15-7-8-16(22-21-15)20-17(24)14-6-3-9-25-14/h2-10H,1H3,(H,18,23)(H,19,21)(H,20,22,24). The highest BCUT2D eigenvalue weighted by atomic mass is 32.1. The van der Waals surface area contributed by atoms with Crippen LogP contribution in [0.5, 0.6) is 0 Å². The predicted octanol–water partition coefficient (Wildman–Crippen LogP) is 3.49. The number of benzene rings is 1. The third-order valence-corrected chi connectivity index (χ3v) is 3.98. The summed E-state index contributed by atoms with van der Waals surface area (Å²) in [5.41, 5.74) is 1.45. The molecule has 126 valence electrons. The van der Waals surface area contributed by atoms with Crippen molar-refractivity contribution in [3.63, 3.8) is 0 Å². The molecule has 2 amide bonds. The zero-order valence-corrected chi connectivity index (χ0v) is 14.1. The molecule has 25 heavy (non-hydrogen) atoms. The van der Waals surface area contributed by atoms with Crippen molar-refractivity contribution in [1.82, 2.24) is 10.2 Å². The molecule has 0 radical (unpaired) electrons. The largest absolute Gasteiger partial charge is 0.339 e. The van der Waals surface area contributed by atoms with E-state index in [1.54, 1.807) is 30.3 Å². The minimum Gasteiger partial charge on any atom is -0.339 e. The fourth-order valence-corrected chi connectivity index (χ4v) is 2.70.